The molecule has 110 valence electrons. The Labute approximate surface area is 115 Å². The average molecular weight is 287 g/mol. The maximum absolute atomic E-state index is 12.3. The van der Waals surface area contributed by atoms with E-state index in [2.05, 4.69) is 10.3 Å². The van der Waals surface area contributed by atoms with Crippen LogP contribution in [-0.2, 0) is 11.0 Å². The van der Waals surface area contributed by atoms with E-state index in [-0.39, 0.29) is 5.91 Å². The summed E-state index contributed by atoms with van der Waals surface area (Å²) in [6, 6.07) is 2.24. The number of anilines is 1. The molecule has 1 aliphatic rings. The van der Waals surface area contributed by atoms with Crippen molar-refractivity contribution < 1.29 is 18.0 Å². The number of rotatable bonds is 4. The third-order valence-corrected chi connectivity index (χ3v) is 3.19. The van der Waals surface area contributed by atoms with Crippen LogP contribution >= 0.6 is 0 Å². The van der Waals surface area contributed by atoms with E-state index in [1.165, 1.54) is 6.07 Å². The number of hydrogen-bond donors (Lipinski definition) is 1. The van der Waals surface area contributed by atoms with E-state index in [1.54, 1.807) is 0 Å². The summed E-state index contributed by atoms with van der Waals surface area (Å²) >= 11 is 0. The molecule has 1 fully saturated rings. The number of amides is 1. The van der Waals surface area contributed by atoms with Gasteiger partial charge in [0.2, 0.25) is 5.91 Å². The summed E-state index contributed by atoms with van der Waals surface area (Å²) in [4.78, 5) is 17.2. The SMILES string of the molecule is O=C(CCNc1ccc(C(F)(F)F)cn1)N1CCCC1. The number of nitrogens with zero attached hydrogens (tertiary/aromatic N) is 2. The van der Waals surface area contributed by atoms with Crippen molar-refractivity contribution in [1.29, 1.82) is 0 Å². The maximum Gasteiger partial charge on any atom is 0.417 e. The standard InChI is InChI=1S/C13H16F3N3O/c14-13(15,16)10-3-4-11(18-9-10)17-6-5-12(20)19-7-1-2-8-19/h3-4,9H,1-2,5-8H2,(H,17,18). The molecule has 0 radical (unpaired) electrons. The van der Waals surface area contributed by atoms with Gasteiger partial charge in [0, 0.05) is 32.3 Å². The molecule has 0 bridgehead atoms. The van der Waals surface area contributed by atoms with E-state index in [1.807, 2.05) is 4.90 Å². The van der Waals surface area contributed by atoms with E-state index < -0.39 is 11.7 Å². The largest absolute Gasteiger partial charge is 0.417 e. The second kappa shape index (κ2) is 6.11. The Bertz CT molecular complexity index is 453. The van der Waals surface area contributed by atoms with Crippen molar-refractivity contribution in [2.24, 2.45) is 0 Å². The van der Waals surface area contributed by atoms with E-state index >= 15 is 0 Å². The van der Waals surface area contributed by atoms with E-state index in [0.29, 0.717) is 18.8 Å². The topological polar surface area (TPSA) is 45.2 Å². The highest BCUT2D eigenvalue weighted by atomic mass is 19.4. The zero-order valence-electron chi connectivity index (χ0n) is 10.9. The first-order chi connectivity index (χ1) is 9.47. The molecule has 0 spiro atoms. The van der Waals surface area contributed by atoms with Crippen LogP contribution in [0.4, 0.5) is 19.0 Å². The molecule has 2 rings (SSSR count). The lowest BCUT2D eigenvalue weighted by Gasteiger charge is -2.15. The maximum atomic E-state index is 12.3. The second-order valence-corrected chi connectivity index (χ2v) is 4.69. The van der Waals surface area contributed by atoms with Crippen molar-refractivity contribution in [2.75, 3.05) is 25.0 Å². The molecule has 7 heteroatoms. The fourth-order valence-corrected chi connectivity index (χ4v) is 2.09. The summed E-state index contributed by atoms with van der Waals surface area (Å²) in [6.45, 7) is 1.97. The number of aromatic nitrogens is 1. The molecule has 1 N–H and O–H groups in total. The number of carbonyl (C=O) groups excluding carboxylic acids is 1. The summed E-state index contributed by atoms with van der Waals surface area (Å²) in [5.74, 6) is 0.411. The van der Waals surface area contributed by atoms with E-state index in [0.717, 1.165) is 38.2 Å². The van der Waals surface area contributed by atoms with Crippen molar-refractivity contribution >= 4 is 11.7 Å². The van der Waals surface area contributed by atoms with Crippen LogP contribution in [0.5, 0.6) is 0 Å². The first kappa shape index (κ1) is 14.6. The molecule has 0 aliphatic carbocycles. The van der Waals surface area contributed by atoms with Crippen LogP contribution in [0.3, 0.4) is 0 Å². The van der Waals surface area contributed by atoms with Gasteiger partial charge in [0.15, 0.2) is 0 Å². The lowest BCUT2D eigenvalue weighted by Crippen LogP contribution is -2.29. The lowest BCUT2D eigenvalue weighted by molar-refractivity contribution is -0.137. The molecule has 0 saturated carbocycles. The fraction of sp³-hybridized carbons (Fsp3) is 0.538. The molecular weight excluding hydrogens is 271 g/mol. The first-order valence-electron chi connectivity index (χ1n) is 6.52. The molecule has 1 saturated heterocycles. The molecule has 2 heterocycles. The Hall–Kier alpha value is -1.79. The number of halogens is 3. The molecule has 20 heavy (non-hydrogen) atoms. The van der Waals surface area contributed by atoms with Gasteiger partial charge in [-0.3, -0.25) is 4.79 Å². The minimum atomic E-state index is -4.38. The Morgan fingerprint density at radius 1 is 1.30 bits per heavy atom. The summed E-state index contributed by atoms with van der Waals surface area (Å²) in [5, 5.41) is 2.85. The molecule has 0 unspecified atom stereocenters. The Balaban J connectivity index is 1.78. The number of carbonyl (C=O) groups is 1. The number of likely N-dealkylation sites (tertiary alicyclic amines) is 1. The predicted molar refractivity (Wildman–Crippen MR) is 68.2 cm³/mol. The van der Waals surface area contributed by atoms with Crippen LogP contribution in [0.2, 0.25) is 0 Å². The normalized spacial score (nSPS) is 15.4. The molecular formula is C13H16F3N3O. The molecule has 1 aromatic rings. The monoisotopic (exact) mass is 287 g/mol. The fourth-order valence-electron chi connectivity index (χ4n) is 2.09. The Kier molecular flexibility index (Phi) is 4.46. The number of nitrogens with one attached hydrogen (secondary N) is 1. The van der Waals surface area contributed by atoms with E-state index in [4.69, 9.17) is 0 Å². The van der Waals surface area contributed by atoms with Gasteiger partial charge in [0.25, 0.3) is 0 Å². The molecule has 4 nitrogen and oxygen atoms in total. The van der Waals surface area contributed by atoms with Gasteiger partial charge in [-0.1, -0.05) is 0 Å². The predicted octanol–water partition coefficient (Wildman–Crippen LogP) is 2.52. The summed E-state index contributed by atoms with van der Waals surface area (Å²) in [6.07, 6.45) is -1.19. The molecule has 0 atom stereocenters. The van der Waals surface area contributed by atoms with Crippen molar-refractivity contribution in [3.8, 4) is 0 Å². The number of alkyl halides is 3. The zero-order chi connectivity index (χ0) is 14.6. The van der Waals surface area contributed by atoms with Crippen molar-refractivity contribution in [2.45, 2.75) is 25.4 Å². The Morgan fingerprint density at radius 2 is 2.00 bits per heavy atom. The van der Waals surface area contributed by atoms with Crippen LogP contribution in [0.1, 0.15) is 24.8 Å². The third kappa shape index (κ3) is 3.85. The minimum Gasteiger partial charge on any atom is -0.370 e. The van der Waals surface area contributed by atoms with Gasteiger partial charge in [0.05, 0.1) is 5.56 Å². The van der Waals surface area contributed by atoms with Crippen LogP contribution in [0.25, 0.3) is 0 Å². The third-order valence-electron chi connectivity index (χ3n) is 3.19. The highest BCUT2D eigenvalue weighted by Gasteiger charge is 2.30. The van der Waals surface area contributed by atoms with Gasteiger partial charge in [0.1, 0.15) is 5.82 Å². The van der Waals surface area contributed by atoms with Gasteiger partial charge in [-0.25, -0.2) is 4.98 Å². The van der Waals surface area contributed by atoms with Crippen LogP contribution in [-0.4, -0.2) is 35.4 Å². The van der Waals surface area contributed by atoms with Crippen molar-refractivity contribution in [3.05, 3.63) is 23.9 Å². The molecule has 1 aromatic heterocycles. The highest BCUT2D eigenvalue weighted by Crippen LogP contribution is 2.28. The van der Waals surface area contributed by atoms with Gasteiger partial charge >= 0.3 is 6.18 Å². The number of pyridine rings is 1. The van der Waals surface area contributed by atoms with Crippen LogP contribution in [0.15, 0.2) is 18.3 Å². The van der Waals surface area contributed by atoms with Crippen molar-refractivity contribution in [1.82, 2.24) is 9.88 Å². The molecule has 1 aliphatic heterocycles. The second-order valence-electron chi connectivity index (χ2n) is 4.69. The summed E-state index contributed by atoms with van der Waals surface area (Å²) in [5.41, 5.74) is -0.781. The Morgan fingerprint density at radius 3 is 2.55 bits per heavy atom. The summed E-state index contributed by atoms with van der Waals surface area (Å²) < 4.78 is 37.0. The van der Waals surface area contributed by atoms with Gasteiger partial charge in [-0.15, -0.1) is 0 Å². The van der Waals surface area contributed by atoms with E-state index in [9.17, 15) is 18.0 Å². The first-order valence-corrected chi connectivity index (χ1v) is 6.52. The van der Waals surface area contributed by atoms with Gasteiger partial charge in [-0.2, -0.15) is 13.2 Å². The van der Waals surface area contributed by atoms with Crippen LogP contribution in [0, 0.1) is 0 Å². The van der Waals surface area contributed by atoms with Crippen LogP contribution < -0.4 is 5.32 Å². The lowest BCUT2D eigenvalue weighted by atomic mass is 10.3. The smallest absolute Gasteiger partial charge is 0.370 e. The highest BCUT2D eigenvalue weighted by molar-refractivity contribution is 5.76. The van der Waals surface area contributed by atoms with Gasteiger partial charge < -0.3 is 10.2 Å². The minimum absolute atomic E-state index is 0.0712. The molecule has 1 amide bonds. The van der Waals surface area contributed by atoms with Gasteiger partial charge in [-0.05, 0) is 25.0 Å². The quantitative estimate of drug-likeness (QED) is 0.925. The zero-order valence-corrected chi connectivity index (χ0v) is 10.9. The number of hydrogen-bond acceptors (Lipinski definition) is 3. The summed E-state index contributed by atoms with van der Waals surface area (Å²) in [7, 11) is 0. The average Bonchev–Trinajstić information content (AvgIpc) is 2.92. The van der Waals surface area contributed by atoms with Crippen molar-refractivity contribution in [3.63, 3.8) is 0 Å². The molecule has 0 aromatic carbocycles.